The Balaban J connectivity index is 2.19. The molecule has 1 unspecified atom stereocenters. The normalized spacial score (nSPS) is 12.6. The zero-order valence-electron chi connectivity index (χ0n) is 12.9. The summed E-state index contributed by atoms with van der Waals surface area (Å²) in [5.74, 6) is 1.56. The third-order valence-corrected chi connectivity index (χ3v) is 4.39. The van der Waals surface area contributed by atoms with Crippen LogP contribution >= 0.6 is 11.3 Å². The number of fused-ring (bicyclic) bond motifs is 1. The van der Waals surface area contributed by atoms with Crippen LogP contribution in [-0.4, -0.2) is 34.3 Å². The predicted octanol–water partition coefficient (Wildman–Crippen LogP) is 3.26. The monoisotopic (exact) mass is 308 g/mol. The number of aliphatic hydroxyl groups excluding tert-OH is 1. The van der Waals surface area contributed by atoms with Gasteiger partial charge in [0.05, 0.1) is 11.5 Å². The lowest BCUT2D eigenvalue weighted by molar-refractivity contribution is 0.183. The molecule has 1 atom stereocenters. The van der Waals surface area contributed by atoms with Gasteiger partial charge < -0.3 is 15.7 Å². The first-order chi connectivity index (χ1) is 10.1. The number of aromatic nitrogens is 2. The highest BCUT2D eigenvalue weighted by atomic mass is 32.1. The van der Waals surface area contributed by atoms with Gasteiger partial charge in [0.25, 0.3) is 0 Å². The van der Waals surface area contributed by atoms with Gasteiger partial charge in [0.2, 0.25) is 5.95 Å². The Labute approximate surface area is 129 Å². The van der Waals surface area contributed by atoms with E-state index in [1.54, 1.807) is 11.3 Å². The van der Waals surface area contributed by atoms with E-state index in [9.17, 15) is 5.11 Å². The van der Waals surface area contributed by atoms with E-state index in [1.165, 1.54) is 4.88 Å². The van der Waals surface area contributed by atoms with Crippen molar-refractivity contribution < 1.29 is 5.11 Å². The molecule has 116 valence electrons. The summed E-state index contributed by atoms with van der Waals surface area (Å²) in [6.45, 7) is 7.62. The molecule has 0 aliphatic heterocycles. The summed E-state index contributed by atoms with van der Waals surface area (Å²) in [6.07, 6.45) is 2.48. The Morgan fingerprint density at radius 1 is 1.29 bits per heavy atom. The summed E-state index contributed by atoms with van der Waals surface area (Å²) in [4.78, 5) is 11.5. The highest BCUT2D eigenvalue weighted by Crippen LogP contribution is 2.30. The van der Waals surface area contributed by atoms with E-state index in [4.69, 9.17) is 0 Å². The molecule has 3 N–H and O–H groups in total. The first-order valence-corrected chi connectivity index (χ1v) is 8.42. The lowest BCUT2D eigenvalue weighted by Crippen LogP contribution is -2.09. The largest absolute Gasteiger partial charge is 0.393 e. The molecule has 0 saturated heterocycles. The van der Waals surface area contributed by atoms with Crippen LogP contribution in [0.1, 0.15) is 38.5 Å². The van der Waals surface area contributed by atoms with Crippen LogP contribution in [0.15, 0.2) is 6.07 Å². The number of rotatable bonds is 8. The minimum absolute atomic E-state index is 0.248. The summed E-state index contributed by atoms with van der Waals surface area (Å²) in [7, 11) is 0. The Hall–Kier alpha value is -1.40. The van der Waals surface area contributed by atoms with E-state index in [0.717, 1.165) is 48.4 Å². The maximum atomic E-state index is 9.31. The lowest BCUT2D eigenvalue weighted by atomic mass is 10.2. The summed E-state index contributed by atoms with van der Waals surface area (Å²) >= 11 is 1.72. The maximum absolute atomic E-state index is 9.31. The Morgan fingerprint density at radius 3 is 2.76 bits per heavy atom. The summed E-state index contributed by atoms with van der Waals surface area (Å²) < 4.78 is 0. The molecule has 0 saturated carbocycles. The molecular formula is C15H24N4OS. The van der Waals surface area contributed by atoms with Gasteiger partial charge >= 0.3 is 0 Å². The molecule has 0 bridgehead atoms. The van der Waals surface area contributed by atoms with Crippen LogP contribution in [0, 0.1) is 0 Å². The quantitative estimate of drug-likeness (QED) is 0.653. The first kappa shape index (κ1) is 16.0. The molecule has 5 nitrogen and oxygen atoms in total. The molecule has 0 radical (unpaired) electrons. The number of hydrogen-bond donors (Lipinski definition) is 3. The third kappa shape index (κ3) is 4.28. The van der Waals surface area contributed by atoms with Crippen molar-refractivity contribution in [2.75, 3.05) is 23.7 Å². The van der Waals surface area contributed by atoms with Crippen LogP contribution in [0.4, 0.5) is 11.8 Å². The van der Waals surface area contributed by atoms with Crippen molar-refractivity contribution in [3.05, 3.63) is 10.9 Å². The number of hydrogen-bond acceptors (Lipinski definition) is 6. The van der Waals surface area contributed by atoms with Crippen molar-refractivity contribution in [2.24, 2.45) is 0 Å². The van der Waals surface area contributed by atoms with Crippen molar-refractivity contribution >= 4 is 33.3 Å². The second kappa shape index (κ2) is 7.56. The Kier molecular flexibility index (Phi) is 5.76. The van der Waals surface area contributed by atoms with E-state index in [-0.39, 0.29) is 6.10 Å². The third-order valence-electron chi connectivity index (χ3n) is 3.22. The van der Waals surface area contributed by atoms with Crippen molar-refractivity contribution in [1.29, 1.82) is 0 Å². The Morgan fingerprint density at radius 2 is 2.10 bits per heavy atom. The highest BCUT2D eigenvalue weighted by molar-refractivity contribution is 7.18. The molecule has 0 spiro atoms. The van der Waals surface area contributed by atoms with Gasteiger partial charge in [-0.1, -0.05) is 6.92 Å². The van der Waals surface area contributed by atoms with Gasteiger partial charge in [0, 0.05) is 18.0 Å². The Bertz CT molecular complexity index is 582. The van der Waals surface area contributed by atoms with Crippen LogP contribution in [0.3, 0.4) is 0 Å². The molecule has 2 aromatic heterocycles. The van der Waals surface area contributed by atoms with E-state index in [1.807, 2.05) is 13.8 Å². The zero-order chi connectivity index (χ0) is 15.2. The first-order valence-electron chi connectivity index (χ1n) is 7.60. The van der Waals surface area contributed by atoms with Gasteiger partial charge in [-0.2, -0.15) is 4.98 Å². The molecule has 6 heteroatoms. The molecule has 0 amide bonds. The van der Waals surface area contributed by atoms with Gasteiger partial charge in [-0.05, 0) is 39.2 Å². The fraction of sp³-hybridized carbons (Fsp3) is 0.600. The smallest absolute Gasteiger partial charge is 0.226 e. The van der Waals surface area contributed by atoms with E-state index < -0.39 is 0 Å². The van der Waals surface area contributed by atoms with E-state index >= 15 is 0 Å². The van der Waals surface area contributed by atoms with Crippen molar-refractivity contribution in [2.45, 2.75) is 46.1 Å². The molecule has 0 aliphatic carbocycles. The van der Waals surface area contributed by atoms with Crippen LogP contribution in [0.5, 0.6) is 0 Å². The molecule has 21 heavy (non-hydrogen) atoms. The lowest BCUT2D eigenvalue weighted by Gasteiger charge is -2.09. The molecule has 2 rings (SSSR count). The van der Waals surface area contributed by atoms with Crippen molar-refractivity contribution in [3.63, 3.8) is 0 Å². The second-order valence-electron chi connectivity index (χ2n) is 5.13. The van der Waals surface area contributed by atoms with Crippen LogP contribution in [0.25, 0.3) is 10.2 Å². The number of nitrogens with one attached hydrogen (secondary N) is 2. The van der Waals surface area contributed by atoms with Gasteiger partial charge in [-0.25, -0.2) is 4.98 Å². The average Bonchev–Trinajstić information content (AvgIpc) is 2.86. The van der Waals surface area contributed by atoms with Crippen LogP contribution in [-0.2, 0) is 6.42 Å². The molecule has 0 fully saturated rings. The summed E-state index contributed by atoms with van der Waals surface area (Å²) in [6, 6.07) is 2.17. The van der Waals surface area contributed by atoms with Gasteiger partial charge in [-0.3, -0.25) is 0 Å². The number of aryl methyl sites for hydroxylation is 1. The highest BCUT2D eigenvalue weighted by Gasteiger charge is 2.11. The number of anilines is 2. The topological polar surface area (TPSA) is 70.1 Å². The maximum Gasteiger partial charge on any atom is 0.226 e. The number of aliphatic hydroxyl groups is 1. The van der Waals surface area contributed by atoms with Crippen molar-refractivity contribution in [3.8, 4) is 0 Å². The van der Waals surface area contributed by atoms with Crippen LogP contribution in [0.2, 0.25) is 0 Å². The summed E-state index contributed by atoms with van der Waals surface area (Å²) in [5, 5.41) is 17.0. The van der Waals surface area contributed by atoms with Crippen LogP contribution < -0.4 is 10.6 Å². The minimum Gasteiger partial charge on any atom is -0.393 e. The fourth-order valence-corrected chi connectivity index (χ4v) is 3.09. The summed E-state index contributed by atoms with van der Waals surface area (Å²) in [5.41, 5.74) is 0. The van der Waals surface area contributed by atoms with Gasteiger partial charge in [0.15, 0.2) is 0 Å². The number of thiophene rings is 1. The molecule has 0 aliphatic rings. The van der Waals surface area contributed by atoms with E-state index in [2.05, 4.69) is 33.6 Å². The predicted molar refractivity (Wildman–Crippen MR) is 90.4 cm³/mol. The molecule has 0 aromatic carbocycles. The zero-order valence-corrected chi connectivity index (χ0v) is 13.8. The van der Waals surface area contributed by atoms with Gasteiger partial charge in [-0.15, -0.1) is 11.3 Å². The molecule has 2 aromatic rings. The SMILES string of the molecule is CCNc1nc(NCCCC(C)O)c2cc(CC)sc2n1. The average molecular weight is 308 g/mol. The van der Waals surface area contributed by atoms with Crippen molar-refractivity contribution in [1.82, 2.24) is 9.97 Å². The molecule has 2 heterocycles. The number of nitrogens with zero attached hydrogens (tertiary/aromatic N) is 2. The second-order valence-corrected chi connectivity index (χ2v) is 6.24. The van der Waals surface area contributed by atoms with E-state index in [0.29, 0.717) is 5.95 Å². The van der Waals surface area contributed by atoms with Gasteiger partial charge in [0.1, 0.15) is 10.6 Å². The fourth-order valence-electron chi connectivity index (χ4n) is 2.12. The standard InChI is InChI=1S/C15H24N4OS/c1-4-11-9-12-13(17-8-6-7-10(3)20)18-15(16-5-2)19-14(12)21-11/h9-10,20H,4-8H2,1-3H3,(H2,16,17,18,19). The minimum atomic E-state index is -0.248. The molecular weight excluding hydrogens is 284 g/mol.